The molecule has 2 heterocycles. The summed E-state index contributed by atoms with van der Waals surface area (Å²) in [4.78, 5) is 21.5. The van der Waals surface area contributed by atoms with Gasteiger partial charge in [-0.2, -0.15) is 0 Å². The third-order valence-corrected chi connectivity index (χ3v) is 4.09. The molecule has 25 heavy (non-hydrogen) atoms. The van der Waals surface area contributed by atoms with Crippen molar-refractivity contribution < 1.29 is 4.79 Å². The predicted octanol–water partition coefficient (Wildman–Crippen LogP) is 3.66. The molecule has 4 rings (SSSR count). The number of pyridine rings is 1. The zero-order valence-corrected chi connectivity index (χ0v) is 13.4. The van der Waals surface area contributed by atoms with Crippen LogP contribution in [0.2, 0.25) is 0 Å². The molecule has 5 nitrogen and oxygen atoms in total. The van der Waals surface area contributed by atoms with Gasteiger partial charge < -0.3 is 9.88 Å². The molecule has 0 aliphatic rings. The summed E-state index contributed by atoms with van der Waals surface area (Å²) < 4.78 is 1.80. The second-order valence-electron chi connectivity index (χ2n) is 5.69. The van der Waals surface area contributed by atoms with Gasteiger partial charge >= 0.3 is 0 Å². The highest BCUT2D eigenvalue weighted by Crippen LogP contribution is 2.24. The Labute approximate surface area is 145 Å². The number of benzene rings is 2. The Kier molecular flexibility index (Phi) is 3.96. The first-order valence-electron chi connectivity index (χ1n) is 8.00. The van der Waals surface area contributed by atoms with Crippen molar-refractivity contribution in [3.05, 3.63) is 91.1 Å². The van der Waals surface area contributed by atoms with Gasteiger partial charge in [-0.15, -0.1) is 0 Å². The molecule has 1 unspecified atom stereocenters. The van der Waals surface area contributed by atoms with Gasteiger partial charge in [0, 0.05) is 24.0 Å². The maximum Gasteiger partial charge on any atom is 0.252 e. The van der Waals surface area contributed by atoms with Crippen LogP contribution in [-0.2, 0) is 4.79 Å². The van der Waals surface area contributed by atoms with Crippen LogP contribution in [0.1, 0.15) is 11.6 Å². The number of imidazole rings is 1. The van der Waals surface area contributed by atoms with Crippen LogP contribution < -0.4 is 5.32 Å². The van der Waals surface area contributed by atoms with Crippen molar-refractivity contribution >= 4 is 22.5 Å². The van der Waals surface area contributed by atoms with E-state index in [1.54, 1.807) is 29.5 Å². The summed E-state index contributed by atoms with van der Waals surface area (Å²) >= 11 is 0. The molecule has 1 N–H and O–H groups in total. The number of anilines is 1. The van der Waals surface area contributed by atoms with E-state index >= 15 is 0 Å². The van der Waals surface area contributed by atoms with Gasteiger partial charge in [-0.25, -0.2) is 4.98 Å². The zero-order chi connectivity index (χ0) is 17.1. The highest BCUT2D eigenvalue weighted by Gasteiger charge is 2.22. The first kappa shape index (κ1) is 15.1. The van der Waals surface area contributed by atoms with Crippen molar-refractivity contribution in [2.45, 2.75) is 6.04 Å². The maximum atomic E-state index is 13.1. The highest BCUT2D eigenvalue weighted by molar-refractivity contribution is 6.03. The molecule has 1 atom stereocenters. The van der Waals surface area contributed by atoms with Gasteiger partial charge in [0.25, 0.3) is 5.91 Å². The molecule has 2 aromatic carbocycles. The Morgan fingerprint density at radius 3 is 2.56 bits per heavy atom. The minimum absolute atomic E-state index is 0.124. The highest BCUT2D eigenvalue weighted by atomic mass is 16.2. The SMILES string of the molecule is O=C(Nc1ccnc2ccccc12)C(c1ccccc1)n1ccnc1. The molecule has 0 fully saturated rings. The van der Waals surface area contributed by atoms with Crippen LogP contribution in [0.3, 0.4) is 0 Å². The summed E-state index contributed by atoms with van der Waals surface area (Å²) in [6.07, 6.45) is 6.82. The van der Waals surface area contributed by atoms with Gasteiger partial charge in [0.05, 0.1) is 17.5 Å². The van der Waals surface area contributed by atoms with Gasteiger partial charge in [0.15, 0.2) is 0 Å². The van der Waals surface area contributed by atoms with E-state index in [9.17, 15) is 4.79 Å². The van der Waals surface area contributed by atoms with Crippen LogP contribution in [0.15, 0.2) is 85.6 Å². The molecule has 0 saturated heterocycles. The van der Waals surface area contributed by atoms with Crippen LogP contribution in [0.5, 0.6) is 0 Å². The summed E-state index contributed by atoms with van der Waals surface area (Å²) in [6.45, 7) is 0. The Hall–Kier alpha value is -3.47. The number of para-hydroxylation sites is 1. The number of rotatable bonds is 4. The smallest absolute Gasteiger partial charge is 0.252 e. The number of fused-ring (bicyclic) bond motifs is 1. The van der Waals surface area contributed by atoms with Crippen LogP contribution in [0.4, 0.5) is 5.69 Å². The minimum atomic E-state index is -0.490. The van der Waals surface area contributed by atoms with Crippen LogP contribution in [0.25, 0.3) is 10.9 Å². The molecular weight excluding hydrogens is 312 g/mol. The molecule has 4 aromatic rings. The van der Waals surface area contributed by atoms with E-state index < -0.39 is 6.04 Å². The molecule has 1 amide bonds. The van der Waals surface area contributed by atoms with E-state index in [1.807, 2.05) is 60.7 Å². The minimum Gasteiger partial charge on any atom is -0.323 e. The molecule has 0 saturated carbocycles. The summed E-state index contributed by atoms with van der Waals surface area (Å²) in [6, 6.07) is 18.7. The van der Waals surface area contributed by atoms with Crippen LogP contribution in [0, 0.1) is 0 Å². The molecular formula is C20H16N4O. The average Bonchev–Trinajstić information content (AvgIpc) is 3.17. The molecule has 0 radical (unpaired) electrons. The van der Waals surface area contributed by atoms with Crippen LogP contribution in [-0.4, -0.2) is 20.4 Å². The number of nitrogens with one attached hydrogen (secondary N) is 1. The molecule has 0 bridgehead atoms. The van der Waals surface area contributed by atoms with Gasteiger partial charge in [-0.3, -0.25) is 9.78 Å². The normalized spacial score (nSPS) is 12.0. The van der Waals surface area contributed by atoms with E-state index in [-0.39, 0.29) is 5.91 Å². The van der Waals surface area contributed by atoms with Crippen molar-refractivity contribution in [2.24, 2.45) is 0 Å². The number of hydrogen-bond acceptors (Lipinski definition) is 3. The van der Waals surface area contributed by atoms with E-state index in [2.05, 4.69) is 15.3 Å². The first-order valence-corrected chi connectivity index (χ1v) is 8.00. The van der Waals surface area contributed by atoms with E-state index in [0.29, 0.717) is 0 Å². The van der Waals surface area contributed by atoms with Crippen molar-refractivity contribution in [1.29, 1.82) is 0 Å². The molecule has 2 aromatic heterocycles. The Morgan fingerprint density at radius 2 is 1.76 bits per heavy atom. The fourth-order valence-corrected chi connectivity index (χ4v) is 2.92. The summed E-state index contributed by atoms with van der Waals surface area (Å²) in [5.41, 5.74) is 2.49. The van der Waals surface area contributed by atoms with Crippen molar-refractivity contribution in [3.8, 4) is 0 Å². The monoisotopic (exact) mass is 328 g/mol. The van der Waals surface area contributed by atoms with Crippen molar-refractivity contribution in [1.82, 2.24) is 14.5 Å². The Morgan fingerprint density at radius 1 is 0.960 bits per heavy atom. The maximum absolute atomic E-state index is 13.1. The van der Waals surface area contributed by atoms with E-state index in [1.165, 1.54) is 0 Å². The topological polar surface area (TPSA) is 59.8 Å². The van der Waals surface area contributed by atoms with Gasteiger partial charge in [-0.05, 0) is 17.7 Å². The Bertz CT molecular complexity index is 991. The average molecular weight is 328 g/mol. The molecule has 5 heteroatoms. The van der Waals surface area contributed by atoms with E-state index in [4.69, 9.17) is 0 Å². The third-order valence-electron chi connectivity index (χ3n) is 4.09. The predicted molar refractivity (Wildman–Crippen MR) is 97.2 cm³/mol. The molecule has 122 valence electrons. The Balaban J connectivity index is 1.72. The zero-order valence-electron chi connectivity index (χ0n) is 13.4. The lowest BCUT2D eigenvalue weighted by Gasteiger charge is -2.19. The van der Waals surface area contributed by atoms with Crippen molar-refractivity contribution in [3.63, 3.8) is 0 Å². The third kappa shape index (κ3) is 2.99. The fraction of sp³-hybridized carbons (Fsp3) is 0.0500. The van der Waals surface area contributed by atoms with Crippen molar-refractivity contribution in [2.75, 3.05) is 5.32 Å². The first-order chi connectivity index (χ1) is 12.3. The molecule has 0 aliphatic heterocycles. The fourth-order valence-electron chi connectivity index (χ4n) is 2.92. The summed E-state index contributed by atoms with van der Waals surface area (Å²) in [5, 5.41) is 3.96. The number of amides is 1. The van der Waals surface area contributed by atoms with Crippen LogP contribution >= 0.6 is 0 Å². The number of carbonyl (C=O) groups excluding carboxylic acids is 1. The van der Waals surface area contributed by atoms with Gasteiger partial charge in [0.2, 0.25) is 0 Å². The summed E-state index contributed by atoms with van der Waals surface area (Å²) in [7, 11) is 0. The van der Waals surface area contributed by atoms with E-state index in [0.717, 1.165) is 22.2 Å². The second-order valence-corrected chi connectivity index (χ2v) is 5.69. The largest absolute Gasteiger partial charge is 0.323 e. The lowest BCUT2D eigenvalue weighted by Crippen LogP contribution is -2.26. The number of aromatic nitrogens is 3. The number of hydrogen-bond donors (Lipinski definition) is 1. The van der Waals surface area contributed by atoms with Gasteiger partial charge in [0.1, 0.15) is 6.04 Å². The standard InChI is InChI=1S/C20H16N4O/c25-20(23-18-10-11-22-17-9-5-4-8-16(17)18)19(24-13-12-21-14-24)15-6-2-1-3-7-15/h1-14,19H,(H,22,23,25). The molecule has 0 spiro atoms. The second kappa shape index (κ2) is 6.57. The summed E-state index contributed by atoms with van der Waals surface area (Å²) in [5.74, 6) is -0.124. The number of nitrogens with zero attached hydrogens (tertiary/aromatic N) is 3. The molecule has 0 aliphatic carbocycles. The van der Waals surface area contributed by atoms with Gasteiger partial charge in [-0.1, -0.05) is 48.5 Å². The lowest BCUT2D eigenvalue weighted by molar-refractivity contribution is -0.118. The quantitative estimate of drug-likeness (QED) is 0.622. The number of carbonyl (C=O) groups is 1. The lowest BCUT2D eigenvalue weighted by atomic mass is 10.1.